The standard InChI is InChI=1S/C21H24ClN3O2/c1-20(2,3)19-24-17(16-7-5-6-12-25(16)19)18(26)23-13-21(4,27)14-8-10-15(22)11-9-14/h5-12,27H,13H2,1-4H3,(H,23,26). The molecule has 2 N–H and O–H groups in total. The van der Waals surface area contributed by atoms with Crippen LogP contribution in [0.1, 0.15) is 49.6 Å². The van der Waals surface area contributed by atoms with E-state index in [9.17, 15) is 9.90 Å². The van der Waals surface area contributed by atoms with Crippen molar-refractivity contribution in [2.24, 2.45) is 0 Å². The lowest BCUT2D eigenvalue weighted by molar-refractivity contribution is 0.0525. The first-order valence-corrected chi connectivity index (χ1v) is 9.21. The van der Waals surface area contributed by atoms with Crippen LogP contribution in [0.5, 0.6) is 0 Å². The summed E-state index contributed by atoms with van der Waals surface area (Å²) in [7, 11) is 0. The van der Waals surface area contributed by atoms with Crippen molar-refractivity contribution in [1.29, 1.82) is 0 Å². The predicted molar refractivity (Wildman–Crippen MR) is 107 cm³/mol. The van der Waals surface area contributed by atoms with Gasteiger partial charge in [-0.25, -0.2) is 4.98 Å². The Morgan fingerprint density at radius 2 is 1.81 bits per heavy atom. The third-order valence-electron chi connectivity index (χ3n) is 4.49. The molecule has 1 unspecified atom stereocenters. The molecule has 0 aliphatic rings. The molecule has 0 radical (unpaired) electrons. The van der Waals surface area contributed by atoms with Gasteiger partial charge in [-0.3, -0.25) is 4.79 Å². The van der Waals surface area contributed by atoms with Crippen LogP contribution in [0.15, 0.2) is 48.7 Å². The molecule has 1 aromatic carbocycles. The molecular weight excluding hydrogens is 362 g/mol. The monoisotopic (exact) mass is 385 g/mol. The van der Waals surface area contributed by atoms with Crippen LogP contribution in [-0.2, 0) is 11.0 Å². The minimum absolute atomic E-state index is 0.0597. The molecule has 2 heterocycles. The van der Waals surface area contributed by atoms with Gasteiger partial charge >= 0.3 is 0 Å². The van der Waals surface area contributed by atoms with Crippen molar-refractivity contribution in [2.75, 3.05) is 6.54 Å². The molecule has 0 saturated heterocycles. The molecule has 2 aromatic heterocycles. The largest absolute Gasteiger partial charge is 0.384 e. The van der Waals surface area contributed by atoms with Crippen molar-refractivity contribution in [2.45, 2.75) is 38.7 Å². The number of aliphatic hydroxyl groups is 1. The molecule has 5 nitrogen and oxygen atoms in total. The number of hydrogen-bond acceptors (Lipinski definition) is 3. The smallest absolute Gasteiger partial charge is 0.272 e. The van der Waals surface area contributed by atoms with E-state index < -0.39 is 5.60 Å². The second kappa shape index (κ2) is 6.98. The highest BCUT2D eigenvalue weighted by Gasteiger charge is 2.27. The molecule has 0 spiro atoms. The number of halogens is 1. The summed E-state index contributed by atoms with van der Waals surface area (Å²) in [5.74, 6) is 0.496. The molecular formula is C21H24ClN3O2. The highest BCUT2D eigenvalue weighted by atomic mass is 35.5. The Morgan fingerprint density at radius 3 is 2.44 bits per heavy atom. The highest BCUT2D eigenvalue weighted by Crippen LogP contribution is 2.25. The van der Waals surface area contributed by atoms with E-state index >= 15 is 0 Å². The summed E-state index contributed by atoms with van der Waals surface area (Å²) >= 11 is 5.90. The average molecular weight is 386 g/mol. The Hall–Kier alpha value is -2.37. The molecule has 3 aromatic rings. The van der Waals surface area contributed by atoms with E-state index in [1.807, 2.05) is 28.8 Å². The van der Waals surface area contributed by atoms with Crippen LogP contribution in [0.25, 0.3) is 5.52 Å². The van der Waals surface area contributed by atoms with Gasteiger partial charge in [-0.1, -0.05) is 50.6 Å². The number of aromatic nitrogens is 2. The lowest BCUT2D eigenvalue weighted by Gasteiger charge is -2.24. The molecule has 3 rings (SSSR count). The van der Waals surface area contributed by atoms with Gasteiger partial charge in [0.25, 0.3) is 5.91 Å². The summed E-state index contributed by atoms with van der Waals surface area (Å²) in [4.78, 5) is 17.4. The van der Waals surface area contributed by atoms with Gasteiger partial charge in [0.2, 0.25) is 0 Å². The molecule has 0 aliphatic carbocycles. The number of benzene rings is 1. The van der Waals surface area contributed by atoms with Crippen molar-refractivity contribution >= 4 is 23.0 Å². The van der Waals surface area contributed by atoms with E-state index in [-0.39, 0.29) is 17.9 Å². The van der Waals surface area contributed by atoms with Gasteiger partial charge in [-0.2, -0.15) is 0 Å². The first-order chi connectivity index (χ1) is 12.6. The minimum Gasteiger partial charge on any atom is -0.384 e. The third-order valence-corrected chi connectivity index (χ3v) is 4.75. The van der Waals surface area contributed by atoms with Gasteiger partial charge in [0.05, 0.1) is 12.1 Å². The first-order valence-electron chi connectivity index (χ1n) is 8.84. The number of carbonyl (C=O) groups excluding carboxylic acids is 1. The molecule has 0 bridgehead atoms. The molecule has 142 valence electrons. The summed E-state index contributed by atoms with van der Waals surface area (Å²) in [6.45, 7) is 7.89. The van der Waals surface area contributed by atoms with Crippen molar-refractivity contribution < 1.29 is 9.90 Å². The maximum Gasteiger partial charge on any atom is 0.272 e. The molecule has 0 aliphatic heterocycles. The van der Waals surface area contributed by atoms with Crippen LogP contribution < -0.4 is 5.32 Å². The lowest BCUT2D eigenvalue weighted by atomic mass is 9.96. The Bertz CT molecular complexity index is 969. The number of fused-ring (bicyclic) bond motifs is 1. The maximum absolute atomic E-state index is 12.8. The number of nitrogens with one attached hydrogen (secondary N) is 1. The van der Waals surface area contributed by atoms with Gasteiger partial charge in [-0.05, 0) is 36.8 Å². The number of pyridine rings is 1. The zero-order valence-corrected chi connectivity index (χ0v) is 16.7. The topological polar surface area (TPSA) is 66.6 Å². The minimum atomic E-state index is -1.22. The summed E-state index contributed by atoms with van der Waals surface area (Å²) in [6, 6.07) is 12.6. The summed E-state index contributed by atoms with van der Waals surface area (Å²) in [5.41, 5.74) is 0.344. The summed E-state index contributed by atoms with van der Waals surface area (Å²) in [5, 5.41) is 14.1. The van der Waals surface area contributed by atoms with Gasteiger partial charge in [-0.15, -0.1) is 0 Å². The van der Waals surface area contributed by atoms with Crippen LogP contribution >= 0.6 is 11.6 Å². The quantitative estimate of drug-likeness (QED) is 0.715. The average Bonchev–Trinajstić information content (AvgIpc) is 3.00. The van der Waals surface area contributed by atoms with E-state index in [4.69, 9.17) is 11.6 Å². The second-order valence-electron chi connectivity index (χ2n) is 7.95. The van der Waals surface area contributed by atoms with Crippen molar-refractivity contribution in [3.05, 3.63) is 70.8 Å². The van der Waals surface area contributed by atoms with Gasteiger partial charge in [0, 0.05) is 16.6 Å². The Morgan fingerprint density at radius 1 is 1.15 bits per heavy atom. The normalized spacial score (nSPS) is 14.1. The highest BCUT2D eigenvalue weighted by molar-refractivity contribution is 6.30. The van der Waals surface area contributed by atoms with Crippen LogP contribution in [0.3, 0.4) is 0 Å². The maximum atomic E-state index is 12.8. The summed E-state index contributed by atoms with van der Waals surface area (Å²) < 4.78 is 1.94. The molecule has 0 saturated carbocycles. The molecule has 1 amide bonds. The van der Waals surface area contributed by atoms with Crippen molar-refractivity contribution in [1.82, 2.24) is 14.7 Å². The lowest BCUT2D eigenvalue weighted by Crippen LogP contribution is -2.38. The van der Waals surface area contributed by atoms with E-state index in [1.165, 1.54) is 0 Å². The summed E-state index contributed by atoms with van der Waals surface area (Å²) in [6.07, 6.45) is 1.91. The molecule has 0 fully saturated rings. The number of carbonyl (C=O) groups is 1. The van der Waals surface area contributed by atoms with Crippen molar-refractivity contribution in [3.63, 3.8) is 0 Å². The molecule has 6 heteroatoms. The third kappa shape index (κ3) is 3.99. The first kappa shape index (κ1) is 19.4. The number of nitrogens with zero attached hydrogens (tertiary/aromatic N) is 2. The predicted octanol–water partition coefficient (Wildman–Crippen LogP) is 3.92. The van der Waals surface area contributed by atoms with E-state index in [0.717, 1.165) is 11.3 Å². The number of imidazole rings is 1. The zero-order chi connectivity index (χ0) is 19.8. The number of rotatable bonds is 4. The Kier molecular flexibility index (Phi) is 5.02. The number of amides is 1. The van der Waals surface area contributed by atoms with Gasteiger partial charge in [0.1, 0.15) is 11.4 Å². The van der Waals surface area contributed by atoms with Crippen LogP contribution in [-0.4, -0.2) is 26.9 Å². The van der Waals surface area contributed by atoms with Crippen LogP contribution in [0, 0.1) is 0 Å². The van der Waals surface area contributed by atoms with Gasteiger partial charge < -0.3 is 14.8 Å². The van der Waals surface area contributed by atoms with E-state index in [0.29, 0.717) is 16.3 Å². The fourth-order valence-corrected chi connectivity index (χ4v) is 3.11. The Balaban J connectivity index is 1.85. The van der Waals surface area contributed by atoms with Crippen molar-refractivity contribution in [3.8, 4) is 0 Å². The molecule has 27 heavy (non-hydrogen) atoms. The second-order valence-corrected chi connectivity index (χ2v) is 8.39. The van der Waals surface area contributed by atoms with E-state index in [2.05, 4.69) is 31.1 Å². The molecule has 1 atom stereocenters. The fourth-order valence-electron chi connectivity index (χ4n) is 2.98. The Labute approximate surface area is 164 Å². The van der Waals surface area contributed by atoms with Crippen LogP contribution in [0.4, 0.5) is 0 Å². The SMILES string of the molecule is CC(C)(C)c1nc(C(=O)NCC(C)(O)c2ccc(Cl)cc2)c2ccccn12. The van der Waals surface area contributed by atoms with E-state index in [1.54, 1.807) is 31.2 Å². The van der Waals surface area contributed by atoms with Gasteiger partial charge in [0.15, 0.2) is 5.69 Å². The zero-order valence-electron chi connectivity index (χ0n) is 16.0. The van der Waals surface area contributed by atoms with Crippen LogP contribution in [0.2, 0.25) is 5.02 Å². The fraction of sp³-hybridized carbons (Fsp3) is 0.333. The number of hydrogen-bond donors (Lipinski definition) is 2.